The zero-order valence-corrected chi connectivity index (χ0v) is 9.14. The van der Waals surface area contributed by atoms with Crippen LogP contribution in [0.4, 0.5) is 4.79 Å². The van der Waals surface area contributed by atoms with Crippen molar-refractivity contribution in [1.29, 1.82) is 0 Å². The Hall–Kier alpha value is -1.84. The van der Waals surface area contributed by atoms with Crippen LogP contribution in [-0.2, 0) is 11.2 Å². The number of carbonyl (C=O) groups excluding carboxylic acids is 2. The number of imide groups is 1. The predicted octanol–water partition coefficient (Wildman–Crippen LogP) is 1.17. The summed E-state index contributed by atoms with van der Waals surface area (Å²) in [6.45, 7) is 2.42. The minimum absolute atomic E-state index is 0.198. The summed E-state index contributed by atoms with van der Waals surface area (Å²) < 4.78 is 0. The molecule has 0 aliphatic carbocycles. The number of hydrogen-bond acceptors (Lipinski definition) is 2. The molecule has 1 saturated heterocycles. The van der Waals surface area contributed by atoms with E-state index in [1.54, 1.807) is 4.90 Å². The van der Waals surface area contributed by atoms with Gasteiger partial charge in [0.25, 0.3) is 5.91 Å². The molecule has 84 valence electrons. The van der Waals surface area contributed by atoms with Crippen molar-refractivity contribution in [2.24, 2.45) is 0 Å². The molecule has 1 aromatic rings. The molecule has 0 bridgehead atoms. The molecule has 16 heavy (non-hydrogen) atoms. The molecule has 3 amide bonds. The van der Waals surface area contributed by atoms with Gasteiger partial charge in [-0.1, -0.05) is 30.3 Å². The summed E-state index contributed by atoms with van der Waals surface area (Å²) in [5.74, 6) is -0.198. The molecule has 1 aliphatic rings. The Labute approximate surface area is 94.2 Å². The van der Waals surface area contributed by atoms with E-state index in [2.05, 4.69) is 5.32 Å². The summed E-state index contributed by atoms with van der Waals surface area (Å²) in [5.41, 5.74) is 1.07. The predicted molar refractivity (Wildman–Crippen MR) is 59.9 cm³/mol. The fraction of sp³-hybridized carbons (Fsp3) is 0.333. The van der Waals surface area contributed by atoms with Gasteiger partial charge in [0.2, 0.25) is 0 Å². The van der Waals surface area contributed by atoms with Gasteiger partial charge in [0.15, 0.2) is 0 Å². The second-order valence-electron chi connectivity index (χ2n) is 3.79. The summed E-state index contributed by atoms with van der Waals surface area (Å²) in [4.78, 5) is 24.6. The van der Waals surface area contributed by atoms with E-state index in [1.807, 2.05) is 37.3 Å². The van der Waals surface area contributed by atoms with Crippen molar-refractivity contribution in [2.75, 3.05) is 6.54 Å². The molecule has 1 aliphatic heterocycles. The highest BCUT2D eigenvalue weighted by Gasteiger charge is 2.36. The SMILES string of the molecule is CCN1C(=O)NC(=O)C1Cc1ccccc1. The lowest BCUT2D eigenvalue weighted by molar-refractivity contribution is -0.121. The van der Waals surface area contributed by atoms with Crippen molar-refractivity contribution < 1.29 is 9.59 Å². The molecular formula is C12H14N2O2. The molecular weight excluding hydrogens is 204 g/mol. The molecule has 1 aromatic carbocycles. The van der Waals surface area contributed by atoms with Crippen LogP contribution in [0.25, 0.3) is 0 Å². The van der Waals surface area contributed by atoms with Gasteiger partial charge in [-0.15, -0.1) is 0 Å². The molecule has 2 rings (SSSR count). The van der Waals surface area contributed by atoms with Gasteiger partial charge < -0.3 is 4.90 Å². The third kappa shape index (κ3) is 1.91. The van der Waals surface area contributed by atoms with Crippen LogP contribution >= 0.6 is 0 Å². The summed E-state index contributed by atoms with van der Waals surface area (Å²) in [6, 6.07) is 9.07. The molecule has 0 radical (unpaired) electrons. The number of carbonyl (C=O) groups is 2. The van der Waals surface area contributed by atoms with Gasteiger partial charge in [0.1, 0.15) is 6.04 Å². The maximum atomic E-state index is 11.6. The zero-order chi connectivity index (χ0) is 11.5. The van der Waals surface area contributed by atoms with E-state index >= 15 is 0 Å². The average Bonchev–Trinajstić information content (AvgIpc) is 2.55. The highest BCUT2D eigenvalue weighted by atomic mass is 16.2. The van der Waals surface area contributed by atoms with Gasteiger partial charge in [-0.05, 0) is 12.5 Å². The lowest BCUT2D eigenvalue weighted by Crippen LogP contribution is -2.36. The number of rotatable bonds is 3. The van der Waals surface area contributed by atoms with E-state index in [0.717, 1.165) is 5.56 Å². The van der Waals surface area contributed by atoms with Crippen molar-refractivity contribution in [3.05, 3.63) is 35.9 Å². The smallest absolute Gasteiger partial charge is 0.312 e. The van der Waals surface area contributed by atoms with Gasteiger partial charge in [-0.3, -0.25) is 10.1 Å². The Morgan fingerprint density at radius 2 is 1.94 bits per heavy atom. The lowest BCUT2D eigenvalue weighted by atomic mass is 10.1. The second-order valence-corrected chi connectivity index (χ2v) is 3.79. The van der Waals surface area contributed by atoms with Gasteiger partial charge in [0.05, 0.1) is 0 Å². The quantitative estimate of drug-likeness (QED) is 0.774. The molecule has 0 aromatic heterocycles. The van der Waals surface area contributed by atoms with Crippen LogP contribution < -0.4 is 5.32 Å². The standard InChI is InChI=1S/C12H14N2O2/c1-2-14-10(11(15)13-12(14)16)8-9-6-4-3-5-7-9/h3-7,10H,2,8H2,1H3,(H,13,15,16). The number of amides is 3. The molecule has 1 atom stereocenters. The number of nitrogens with one attached hydrogen (secondary N) is 1. The average molecular weight is 218 g/mol. The second kappa shape index (κ2) is 4.35. The van der Waals surface area contributed by atoms with Crippen LogP contribution in [0.1, 0.15) is 12.5 Å². The van der Waals surface area contributed by atoms with Crippen molar-refractivity contribution in [1.82, 2.24) is 10.2 Å². The summed E-state index contributed by atoms with van der Waals surface area (Å²) >= 11 is 0. The number of benzene rings is 1. The Morgan fingerprint density at radius 3 is 2.56 bits per heavy atom. The fourth-order valence-electron chi connectivity index (χ4n) is 1.95. The fourth-order valence-corrected chi connectivity index (χ4v) is 1.95. The van der Waals surface area contributed by atoms with Crippen LogP contribution in [0.2, 0.25) is 0 Å². The zero-order valence-electron chi connectivity index (χ0n) is 9.14. The van der Waals surface area contributed by atoms with Gasteiger partial charge >= 0.3 is 6.03 Å². The van der Waals surface area contributed by atoms with Crippen LogP contribution in [0.15, 0.2) is 30.3 Å². The minimum atomic E-state index is -0.361. The van der Waals surface area contributed by atoms with Crippen molar-refractivity contribution in [3.8, 4) is 0 Å². The lowest BCUT2D eigenvalue weighted by Gasteiger charge is -2.19. The van der Waals surface area contributed by atoms with Crippen LogP contribution in [0.3, 0.4) is 0 Å². The molecule has 0 spiro atoms. The van der Waals surface area contributed by atoms with E-state index in [1.165, 1.54) is 0 Å². The third-order valence-corrected chi connectivity index (χ3v) is 2.78. The summed E-state index contributed by atoms with van der Waals surface area (Å²) in [7, 11) is 0. The van der Waals surface area contributed by atoms with E-state index in [-0.39, 0.29) is 18.0 Å². The highest BCUT2D eigenvalue weighted by molar-refractivity contribution is 6.04. The van der Waals surface area contributed by atoms with Gasteiger partial charge in [-0.2, -0.15) is 0 Å². The van der Waals surface area contributed by atoms with Crippen LogP contribution in [-0.4, -0.2) is 29.4 Å². The van der Waals surface area contributed by atoms with Gasteiger partial charge in [-0.25, -0.2) is 4.79 Å². The first kappa shape index (κ1) is 10.7. The Bertz CT molecular complexity index is 403. The summed E-state index contributed by atoms with van der Waals surface area (Å²) in [6.07, 6.45) is 0.576. The number of likely N-dealkylation sites (N-methyl/N-ethyl adjacent to an activating group) is 1. The number of urea groups is 1. The largest absolute Gasteiger partial charge is 0.324 e. The topological polar surface area (TPSA) is 49.4 Å². The first-order valence-corrected chi connectivity index (χ1v) is 5.37. The number of hydrogen-bond donors (Lipinski definition) is 1. The highest BCUT2D eigenvalue weighted by Crippen LogP contribution is 2.13. The maximum Gasteiger partial charge on any atom is 0.324 e. The Balaban J connectivity index is 2.14. The van der Waals surface area contributed by atoms with E-state index in [0.29, 0.717) is 13.0 Å². The third-order valence-electron chi connectivity index (χ3n) is 2.78. The van der Waals surface area contributed by atoms with E-state index in [9.17, 15) is 9.59 Å². The van der Waals surface area contributed by atoms with Crippen LogP contribution in [0, 0.1) is 0 Å². The Kier molecular flexibility index (Phi) is 2.90. The molecule has 1 N–H and O–H groups in total. The molecule has 1 heterocycles. The first-order chi connectivity index (χ1) is 7.72. The monoisotopic (exact) mass is 218 g/mol. The summed E-state index contributed by atoms with van der Waals surface area (Å²) in [5, 5.41) is 2.34. The normalized spacial score (nSPS) is 20.1. The minimum Gasteiger partial charge on any atom is -0.312 e. The molecule has 4 heteroatoms. The molecule has 4 nitrogen and oxygen atoms in total. The van der Waals surface area contributed by atoms with E-state index in [4.69, 9.17) is 0 Å². The molecule has 1 fully saturated rings. The maximum absolute atomic E-state index is 11.6. The van der Waals surface area contributed by atoms with Crippen molar-refractivity contribution in [3.63, 3.8) is 0 Å². The Morgan fingerprint density at radius 1 is 1.25 bits per heavy atom. The van der Waals surface area contributed by atoms with Crippen LogP contribution in [0.5, 0.6) is 0 Å². The first-order valence-electron chi connectivity index (χ1n) is 5.37. The molecule has 1 unspecified atom stereocenters. The number of nitrogens with zero attached hydrogens (tertiary/aromatic N) is 1. The van der Waals surface area contributed by atoms with Gasteiger partial charge in [0, 0.05) is 13.0 Å². The molecule has 0 saturated carbocycles. The van der Waals surface area contributed by atoms with Crippen molar-refractivity contribution >= 4 is 11.9 Å². The van der Waals surface area contributed by atoms with E-state index < -0.39 is 0 Å². The van der Waals surface area contributed by atoms with Crippen molar-refractivity contribution in [2.45, 2.75) is 19.4 Å².